The van der Waals surface area contributed by atoms with Gasteiger partial charge in [-0.1, -0.05) is 43.7 Å². The highest BCUT2D eigenvalue weighted by Crippen LogP contribution is 2.25. The molecule has 18 heavy (non-hydrogen) atoms. The van der Waals surface area contributed by atoms with Crippen molar-refractivity contribution in [3.8, 4) is 0 Å². The number of aryl methyl sites for hydroxylation is 1. The van der Waals surface area contributed by atoms with Crippen LogP contribution in [0.5, 0.6) is 0 Å². The fourth-order valence-corrected chi connectivity index (χ4v) is 2.78. The van der Waals surface area contributed by atoms with E-state index in [4.69, 9.17) is 0 Å². The molecule has 1 aromatic rings. The Hall–Kier alpha value is -0.860. The number of hydrogen-bond acceptors (Lipinski definition) is 2. The number of hydrogen-bond donors (Lipinski definition) is 1. The Morgan fingerprint density at radius 3 is 2.83 bits per heavy atom. The molecule has 1 aromatic carbocycles. The second-order valence-corrected chi connectivity index (χ2v) is 6.13. The third-order valence-corrected chi connectivity index (χ3v) is 3.85. The van der Waals surface area contributed by atoms with Crippen LogP contribution < -0.4 is 5.32 Å². The molecule has 0 radical (unpaired) electrons. The lowest BCUT2D eigenvalue weighted by atomic mass is 9.83. The summed E-state index contributed by atoms with van der Waals surface area (Å²) in [7, 11) is 0. The van der Waals surface area contributed by atoms with Crippen molar-refractivity contribution in [1.29, 1.82) is 0 Å². The summed E-state index contributed by atoms with van der Waals surface area (Å²) >= 11 is 0. The molecule has 1 fully saturated rings. The van der Waals surface area contributed by atoms with E-state index in [1.165, 1.54) is 37.2 Å². The summed E-state index contributed by atoms with van der Waals surface area (Å²) in [4.78, 5) is 2.60. The average molecular weight is 246 g/mol. The van der Waals surface area contributed by atoms with Crippen LogP contribution in [0.2, 0.25) is 0 Å². The standard InChI is InChI=1S/C16H26N2/c1-14-6-4-7-15(12-14)16(2,3)13-18-10-5-8-17-9-11-18/h4,6-7,12,17H,5,8-11,13H2,1-3H3. The predicted molar refractivity (Wildman–Crippen MR) is 78.1 cm³/mol. The van der Waals surface area contributed by atoms with Gasteiger partial charge in [0.15, 0.2) is 0 Å². The number of nitrogens with zero attached hydrogens (tertiary/aromatic N) is 1. The first kappa shape index (κ1) is 13.6. The quantitative estimate of drug-likeness (QED) is 0.882. The minimum absolute atomic E-state index is 0.232. The molecule has 0 unspecified atom stereocenters. The molecule has 2 rings (SSSR count). The predicted octanol–water partition coefficient (Wildman–Crippen LogP) is 2.57. The van der Waals surface area contributed by atoms with Crippen LogP contribution in [0.1, 0.15) is 31.4 Å². The molecule has 1 aliphatic heterocycles. The normalized spacial score (nSPS) is 18.6. The van der Waals surface area contributed by atoms with Gasteiger partial charge >= 0.3 is 0 Å². The summed E-state index contributed by atoms with van der Waals surface area (Å²) in [6.45, 7) is 12.7. The highest BCUT2D eigenvalue weighted by atomic mass is 15.2. The van der Waals surface area contributed by atoms with E-state index in [2.05, 4.69) is 55.3 Å². The average Bonchev–Trinajstić information content (AvgIpc) is 2.57. The lowest BCUT2D eigenvalue weighted by molar-refractivity contribution is 0.237. The van der Waals surface area contributed by atoms with Gasteiger partial charge in [-0.25, -0.2) is 0 Å². The molecule has 1 heterocycles. The van der Waals surface area contributed by atoms with Gasteiger partial charge in [0.2, 0.25) is 0 Å². The van der Waals surface area contributed by atoms with E-state index < -0.39 is 0 Å². The number of nitrogens with one attached hydrogen (secondary N) is 1. The minimum Gasteiger partial charge on any atom is -0.315 e. The lowest BCUT2D eigenvalue weighted by Crippen LogP contribution is -2.39. The zero-order valence-electron chi connectivity index (χ0n) is 12.0. The summed E-state index contributed by atoms with van der Waals surface area (Å²) < 4.78 is 0. The van der Waals surface area contributed by atoms with E-state index in [1.54, 1.807) is 0 Å². The van der Waals surface area contributed by atoms with E-state index in [1.807, 2.05) is 0 Å². The van der Waals surface area contributed by atoms with E-state index >= 15 is 0 Å². The monoisotopic (exact) mass is 246 g/mol. The molecule has 0 atom stereocenters. The Balaban J connectivity index is 2.05. The molecule has 2 nitrogen and oxygen atoms in total. The van der Waals surface area contributed by atoms with Gasteiger partial charge in [0.1, 0.15) is 0 Å². The van der Waals surface area contributed by atoms with Crippen molar-refractivity contribution in [1.82, 2.24) is 10.2 Å². The van der Waals surface area contributed by atoms with Crippen molar-refractivity contribution in [2.75, 3.05) is 32.7 Å². The fourth-order valence-electron chi connectivity index (χ4n) is 2.78. The molecule has 0 bridgehead atoms. The van der Waals surface area contributed by atoms with Crippen LogP contribution in [0.4, 0.5) is 0 Å². The third-order valence-electron chi connectivity index (χ3n) is 3.85. The summed E-state index contributed by atoms with van der Waals surface area (Å²) in [6, 6.07) is 8.95. The Bertz CT molecular complexity index is 376. The molecule has 0 aliphatic carbocycles. The smallest absolute Gasteiger partial charge is 0.0107 e. The second-order valence-electron chi connectivity index (χ2n) is 6.13. The molecular weight excluding hydrogens is 220 g/mol. The molecule has 1 saturated heterocycles. The van der Waals surface area contributed by atoms with Gasteiger partial charge < -0.3 is 10.2 Å². The second kappa shape index (κ2) is 5.85. The van der Waals surface area contributed by atoms with Gasteiger partial charge in [-0.3, -0.25) is 0 Å². The summed E-state index contributed by atoms with van der Waals surface area (Å²) in [5, 5.41) is 3.47. The highest BCUT2D eigenvalue weighted by Gasteiger charge is 2.24. The molecule has 0 saturated carbocycles. The van der Waals surface area contributed by atoms with Gasteiger partial charge in [0, 0.05) is 25.0 Å². The SMILES string of the molecule is Cc1cccc(C(C)(C)CN2CCCNCC2)c1. The van der Waals surface area contributed by atoms with Crippen LogP contribution in [-0.4, -0.2) is 37.6 Å². The Kier molecular flexibility index (Phi) is 4.41. The highest BCUT2D eigenvalue weighted by molar-refractivity contribution is 5.28. The van der Waals surface area contributed by atoms with Gasteiger partial charge in [-0.2, -0.15) is 0 Å². The van der Waals surface area contributed by atoms with Crippen molar-refractivity contribution in [2.45, 2.75) is 32.6 Å². The fraction of sp³-hybridized carbons (Fsp3) is 0.625. The van der Waals surface area contributed by atoms with Crippen LogP contribution in [0.15, 0.2) is 24.3 Å². The topological polar surface area (TPSA) is 15.3 Å². The Morgan fingerprint density at radius 1 is 1.22 bits per heavy atom. The third kappa shape index (κ3) is 3.56. The van der Waals surface area contributed by atoms with Gasteiger partial charge in [-0.05, 0) is 32.0 Å². The van der Waals surface area contributed by atoms with Crippen LogP contribution in [0, 0.1) is 6.92 Å². The molecule has 0 amide bonds. The molecule has 0 aromatic heterocycles. The Labute approximate surface area is 111 Å². The summed E-state index contributed by atoms with van der Waals surface area (Å²) in [5.41, 5.74) is 3.05. The van der Waals surface area contributed by atoms with Crippen molar-refractivity contribution >= 4 is 0 Å². The maximum Gasteiger partial charge on any atom is 0.0107 e. The van der Waals surface area contributed by atoms with E-state index in [0.29, 0.717) is 0 Å². The van der Waals surface area contributed by atoms with E-state index in [9.17, 15) is 0 Å². The molecule has 100 valence electrons. The van der Waals surface area contributed by atoms with E-state index in [-0.39, 0.29) is 5.41 Å². The summed E-state index contributed by atoms with van der Waals surface area (Å²) in [6.07, 6.45) is 1.27. The molecule has 2 heteroatoms. The maximum atomic E-state index is 3.47. The molecule has 1 N–H and O–H groups in total. The number of rotatable bonds is 3. The van der Waals surface area contributed by atoms with Gasteiger partial charge in [0.05, 0.1) is 0 Å². The zero-order valence-corrected chi connectivity index (χ0v) is 12.0. The van der Waals surface area contributed by atoms with Gasteiger partial charge in [0.25, 0.3) is 0 Å². The van der Waals surface area contributed by atoms with E-state index in [0.717, 1.165) is 13.1 Å². The molecular formula is C16H26N2. The molecule has 0 spiro atoms. The van der Waals surface area contributed by atoms with Crippen LogP contribution in [0.3, 0.4) is 0 Å². The largest absolute Gasteiger partial charge is 0.315 e. The minimum atomic E-state index is 0.232. The maximum absolute atomic E-state index is 3.47. The molecule has 1 aliphatic rings. The van der Waals surface area contributed by atoms with Crippen LogP contribution in [0.25, 0.3) is 0 Å². The lowest BCUT2D eigenvalue weighted by Gasteiger charge is -2.32. The number of benzene rings is 1. The van der Waals surface area contributed by atoms with Crippen molar-refractivity contribution in [2.24, 2.45) is 0 Å². The van der Waals surface area contributed by atoms with Crippen molar-refractivity contribution in [3.63, 3.8) is 0 Å². The Morgan fingerprint density at radius 2 is 2.06 bits per heavy atom. The van der Waals surface area contributed by atoms with Crippen molar-refractivity contribution in [3.05, 3.63) is 35.4 Å². The first-order valence-corrected chi connectivity index (χ1v) is 7.08. The van der Waals surface area contributed by atoms with Crippen LogP contribution in [-0.2, 0) is 5.41 Å². The first-order valence-electron chi connectivity index (χ1n) is 7.08. The van der Waals surface area contributed by atoms with Gasteiger partial charge in [-0.15, -0.1) is 0 Å². The van der Waals surface area contributed by atoms with Crippen LogP contribution >= 0.6 is 0 Å². The summed E-state index contributed by atoms with van der Waals surface area (Å²) in [5.74, 6) is 0. The van der Waals surface area contributed by atoms with Crippen molar-refractivity contribution < 1.29 is 0 Å². The first-order chi connectivity index (χ1) is 8.58. The zero-order chi connectivity index (χ0) is 13.0.